The van der Waals surface area contributed by atoms with Gasteiger partial charge in [0.15, 0.2) is 6.61 Å². The van der Waals surface area contributed by atoms with Gasteiger partial charge < -0.3 is 15.4 Å². The summed E-state index contributed by atoms with van der Waals surface area (Å²) < 4.78 is 5.16. The molecule has 7 nitrogen and oxygen atoms in total. The Hall–Kier alpha value is -3.13. The first kappa shape index (κ1) is 22.2. The van der Waals surface area contributed by atoms with E-state index in [0.717, 1.165) is 4.90 Å². The van der Waals surface area contributed by atoms with Crippen LogP contribution in [0.15, 0.2) is 53.4 Å². The molecule has 0 saturated heterocycles. The molecule has 0 saturated carbocycles. The molecule has 29 heavy (non-hydrogen) atoms. The van der Waals surface area contributed by atoms with E-state index < -0.39 is 23.6 Å². The van der Waals surface area contributed by atoms with Crippen molar-refractivity contribution in [2.24, 2.45) is 0 Å². The van der Waals surface area contributed by atoms with E-state index in [1.54, 1.807) is 6.92 Å². The first-order valence-electron chi connectivity index (χ1n) is 8.87. The molecule has 0 spiro atoms. The van der Waals surface area contributed by atoms with Crippen molar-refractivity contribution < 1.29 is 23.9 Å². The van der Waals surface area contributed by atoms with Gasteiger partial charge in [0.1, 0.15) is 5.25 Å². The van der Waals surface area contributed by atoms with Gasteiger partial charge in [-0.3, -0.25) is 19.2 Å². The molecular weight excluding hydrogens is 392 g/mol. The van der Waals surface area contributed by atoms with Gasteiger partial charge in [-0.2, -0.15) is 0 Å². The molecule has 0 radical (unpaired) electrons. The fraction of sp³-hybridized carbons (Fsp3) is 0.238. The zero-order valence-electron chi connectivity index (χ0n) is 16.4. The first-order chi connectivity index (χ1) is 13.8. The molecule has 0 aliphatic rings. The van der Waals surface area contributed by atoms with Crippen molar-refractivity contribution in [2.75, 3.05) is 17.2 Å². The number of nitrogens with one attached hydrogen (secondary N) is 2. The van der Waals surface area contributed by atoms with Crippen molar-refractivity contribution in [3.05, 3.63) is 54.1 Å². The Labute approximate surface area is 173 Å². The van der Waals surface area contributed by atoms with Crippen LogP contribution in [0.3, 0.4) is 0 Å². The maximum atomic E-state index is 12.5. The number of carbonyl (C=O) groups is 4. The minimum absolute atomic E-state index is 0.186. The molecule has 0 heterocycles. The lowest BCUT2D eigenvalue weighted by atomic mass is 10.1. The van der Waals surface area contributed by atoms with Gasteiger partial charge in [-0.05, 0) is 37.3 Å². The van der Waals surface area contributed by atoms with Gasteiger partial charge in [-0.15, -0.1) is 11.8 Å². The molecular formula is C21H22N2O5S. The Morgan fingerprint density at radius 1 is 0.966 bits per heavy atom. The van der Waals surface area contributed by atoms with Crippen molar-refractivity contribution in [1.29, 1.82) is 0 Å². The zero-order valence-corrected chi connectivity index (χ0v) is 17.2. The summed E-state index contributed by atoms with van der Waals surface area (Å²) in [6.45, 7) is 3.91. The molecule has 2 aromatic carbocycles. The molecule has 2 N–H and O–H groups in total. The van der Waals surface area contributed by atoms with Crippen molar-refractivity contribution in [3.8, 4) is 0 Å². The van der Waals surface area contributed by atoms with Crippen LogP contribution in [-0.4, -0.2) is 35.4 Å². The molecule has 2 amide bonds. The highest BCUT2D eigenvalue weighted by atomic mass is 32.2. The highest BCUT2D eigenvalue weighted by Crippen LogP contribution is 2.24. The van der Waals surface area contributed by atoms with Crippen LogP contribution >= 0.6 is 11.8 Å². The van der Waals surface area contributed by atoms with Crippen molar-refractivity contribution in [2.45, 2.75) is 30.9 Å². The molecule has 1 atom stereocenters. The number of anilines is 2. The maximum Gasteiger partial charge on any atom is 0.319 e. The zero-order chi connectivity index (χ0) is 21.4. The summed E-state index contributed by atoms with van der Waals surface area (Å²) in [4.78, 5) is 48.3. The van der Waals surface area contributed by atoms with E-state index in [0.29, 0.717) is 5.69 Å². The predicted octanol–water partition coefficient (Wildman–Crippen LogP) is 3.51. The summed E-state index contributed by atoms with van der Waals surface area (Å²) in [5.74, 6) is -1.63. The maximum absolute atomic E-state index is 12.5. The summed E-state index contributed by atoms with van der Waals surface area (Å²) in [6, 6.07) is 13.9. The lowest BCUT2D eigenvalue weighted by Crippen LogP contribution is -2.22. The highest BCUT2D eigenvalue weighted by molar-refractivity contribution is 8.00. The summed E-state index contributed by atoms with van der Waals surface area (Å²) in [5.41, 5.74) is 0.852. The van der Waals surface area contributed by atoms with Crippen LogP contribution in [0, 0.1) is 0 Å². The standard InChI is InChI=1S/C21H22N2O5S/c1-13(29-17-7-5-4-6-8-17)21(27)28-12-20(26)18-10-9-16(22-14(2)24)11-19(18)23-15(3)25/h4-11,13H,12H2,1-3H3,(H,22,24)(H,23,25)/t13-/m0/s1. The normalized spacial score (nSPS) is 11.3. The first-order valence-corrected chi connectivity index (χ1v) is 9.75. The van der Waals surface area contributed by atoms with E-state index in [9.17, 15) is 19.2 Å². The molecule has 0 fully saturated rings. The quantitative estimate of drug-likeness (QED) is 0.389. The summed E-state index contributed by atoms with van der Waals surface area (Å²) >= 11 is 1.34. The Morgan fingerprint density at radius 3 is 2.24 bits per heavy atom. The van der Waals surface area contributed by atoms with Gasteiger partial charge in [0.25, 0.3) is 0 Å². The largest absolute Gasteiger partial charge is 0.456 e. The van der Waals surface area contributed by atoms with Gasteiger partial charge in [-0.25, -0.2) is 0 Å². The van der Waals surface area contributed by atoms with Crippen LogP contribution in [-0.2, 0) is 19.1 Å². The van der Waals surface area contributed by atoms with Gasteiger partial charge in [0, 0.05) is 30.0 Å². The van der Waals surface area contributed by atoms with Crippen molar-refractivity contribution in [1.82, 2.24) is 0 Å². The fourth-order valence-electron chi connectivity index (χ4n) is 2.44. The van der Waals surface area contributed by atoms with E-state index in [2.05, 4.69) is 10.6 Å². The number of benzene rings is 2. The number of ether oxygens (including phenoxy) is 1. The third kappa shape index (κ3) is 7.08. The summed E-state index contributed by atoms with van der Waals surface area (Å²) in [5, 5.41) is 4.65. The Kier molecular flexibility index (Phi) is 7.97. The average Bonchev–Trinajstić information content (AvgIpc) is 2.65. The molecule has 8 heteroatoms. The van der Waals surface area contributed by atoms with Crippen LogP contribution in [0.4, 0.5) is 11.4 Å². The Bertz CT molecular complexity index is 915. The van der Waals surface area contributed by atoms with Crippen LogP contribution in [0.1, 0.15) is 31.1 Å². The number of hydrogen-bond acceptors (Lipinski definition) is 6. The number of hydrogen-bond donors (Lipinski definition) is 2. The smallest absolute Gasteiger partial charge is 0.319 e. The number of esters is 1. The van der Waals surface area contributed by atoms with Crippen LogP contribution in [0.5, 0.6) is 0 Å². The van der Waals surface area contributed by atoms with Gasteiger partial charge >= 0.3 is 5.97 Å². The SMILES string of the molecule is CC(=O)Nc1ccc(C(=O)COC(=O)[C@H](C)Sc2ccccc2)c(NC(C)=O)c1. The second kappa shape index (κ2) is 10.4. The number of carbonyl (C=O) groups excluding carboxylic acids is 4. The minimum atomic E-state index is -0.511. The second-order valence-electron chi connectivity index (χ2n) is 6.23. The van der Waals surface area contributed by atoms with E-state index in [-0.39, 0.29) is 23.1 Å². The topological polar surface area (TPSA) is 102 Å². The van der Waals surface area contributed by atoms with E-state index in [1.807, 2.05) is 30.3 Å². The molecule has 0 unspecified atom stereocenters. The lowest BCUT2D eigenvalue weighted by molar-refractivity contribution is -0.141. The van der Waals surface area contributed by atoms with Crippen LogP contribution in [0.25, 0.3) is 0 Å². The Balaban J connectivity index is 2.04. The van der Waals surface area contributed by atoms with Crippen LogP contribution in [0.2, 0.25) is 0 Å². The van der Waals surface area contributed by atoms with E-state index >= 15 is 0 Å². The monoisotopic (exact) mass is 414 g/mol. The molecule has 0 aliphatic heterocycles. The third-order valence-corrected chi connectivity index (χ3v) is 4.77. The Morgan fingerprint density at radius 2 is 1.62 bits per heavy atom. The molecule has 152 valence electrons. The number of amides is 2. The third-order valence-electron chi connectivity index (χ3n) is 3.68. The molecule has 0 aromatic heterocycles. The van der Waals surface area contributed by atoms with Crippen LogP contribution < -0.4 is 10.6 Å². The highest BCUT2D eigenvalue weighted by Gasteiger charge is 2.20. The predicted molar refractivity (Wildman–Crippen MR) is 112 cm³/mol. The van der Waals surface area contributed by atoms with E-state index in [4.69, 9.17) is 4.74 Å². The number of rotatable bonds is 8. The number of Topliss-reactive ketones (excluding diaryl/α,β-unsaturated/α-hetero) is 1. The van der Waals surface area contributed by atoms with Crippen molar-refractivity contribution in [3.63, 3.8) is 0 Å². The van der Waals surface area contributed by atoms with Gasteiger partial charge in [0.2, 0.25) is 17.6 Å². The molecule has 2 aromatic rings. The lowest BCUT2D eigenvalue weighted by Gasteiger charge is -2.13. The second-order valence-corrected chi connectivity index (χ2v) is 7.64. The average molecular weight is 414 g/mol. The summed E-state index contributed by atoms with van der Waals surface area (Å²) in [6.07, 6.45) is 0. The van der Waals surface area contributed by atoms with Gasteiger partial charge in [0.05, 0.1) is 5.69 Å². The van der Waals surface area contributed by atoms with Gasteiger partial charge in [-0.1, -0.05) is 18.2 Å². The number of thioether (sulfide) groups is 1. The minimum Gasteiger partial charge on any atom is -0.456 e. The molecule has 0 aliphatic carbocycles. The summed E-state index contributed by atoms with van der Waals surface area (Å²) in [7, 11) is 0. The molecule has 2 rings (SSSR count). The van der Waals surface area contributed by atoms with Crippen molar-refractivity contribution >= 4 is 46.7 Å². The van der Waals surface area contributed by atoms with E-state index in [1.165, 1.54) is 43.8 Å². The molecule has 0 bridgehead atoms. The number of ketones is 1. The fourth-order valence-corrected chi connectivity index (χ4v) is 3.33.